The van der Waals surface area contributed by atoms with E-state index < -0.39 is 36.1 Å². The van der Waals surface area contributed by atoms with Gasteiger partial charge in [0, 0.05) is 18.8 Å². The van der Waals surface area contributed by atoms with Gasteiger partial charge in [-0.25, -0.2) is 9.59 Å². The molecule has 0 aliphatic heterocycles. The van der Waals surface area contributed by atoms with Crippen LogP contribution in [0.15, 0.2) is 48.5 Å². The van der Waals surface area contributed by atoms with Crippen LogP contribution in [0, 0.1) is 11.3 Å². The Bertz CT molecular complexity index is 1380. The maximum Gasteiger partial charge on any atom is 0.407 e. The Morgan fingerprint density at radius 3 is 1.70 bits per heavy atom. The van der Waals surface area contributed by atoms with Crippen molar-refractivity contribution in [2.45, 2.75) is 149 Å². The quantitative estimate of drug-likeness (QED) is 0.0527. The Kier molecular flexibility index (Phi) is 19.5. The van der Waals surface area contributed by atoms with E-state index in [2.05, 4.69) is 24.4 Å². The smallest absolute Gasteiger partial charge is 0.407 e. The first-order valence-electron chi connectivity index (χ1n) is 20.2. The highest BCUT2D eigenvalue weighted by Gasteiger charge is 2.37. The van der Waals surface area contributed by atoms with Crippen LogP contribution >= 0.6 is 0 Å². The predicted molar refractivity (Wildman–Crippen MR) is 209 cm³/mol. The van der Waals surface area contributed by atoms with Gasteiger partial charge in [-0.15, -0.1) is 0 Å². The maximum atomic E-state index is 13.1. The number of unbranched alkanes of at least 4 members (excludes halogenated alkanes) is 14. The summed E-state index contributed by atoms with van der Waals surface area (Å²) in [5.74, 6) is -2.76. The van der Waals surface area contributed by atoms with Gasteiger partial charge in [0.2, 0.25) is 0 Å². The van der Waals surface area contributed by atoms with Gasteiger partial charge in [-0.05, 0) is 41.5 Å². The molecule has 2 aromatic carbocycles. The largest absolute Gasteiger partial charge is 0.481 e. The van der Waals surface area contributed by atoms with Crippen LogP contribution in [0.2, 0.25) is 0 Å². The predicted octanol–water partition coefficient (Wildman–Crippen LogP) is 10.4. The van der Waals surface area contributed by atoms with E-state index in [1.54, 1.807) is 13.8 Å². The third-order valence-electron chi connectivity index (χ3n) is 10.5. The average Bonchev–Trinajstić information content (AvgIpc) is 3.46. The molecule has 2 atom stereocenters. The number of aliphatic carboxylic acids is 1. The SMILES string of the molecule is CCCCCCCCCCCCCCCCCC(=O)OCCC(C)(COC(=O)[C@@H](NC(=O)OCC1c2ccccc2-c2ccccc21)C(C)C)C(=O)O. The molecule has 2 aromatic rings. The lowest BCUT2D eigenvalue weighted by atomic mass is 9.88. The summed E-state index contributed by atoms with van der Waals surface area (Å²) >= 11 is 0. The van der Waals surface area contributed by atoms with Crippen LogP contribution in [0.4, 0.5) is 4.79 Å². The number of esters is 2. The number of ether oxygens (including phenoxy) is 3. The van der Waals surface area contributed by atoms with Gasteiger partial charge in [0.05, 0.1) is 6.61 Å². The first-order chi connectivity index (χ1) is 25.6. The number of carboxylic acid groups (broad SMARTS) is 1. The molecule has 9 heteroatoms. The van der Waals surface area contributed by atoms with Crippen LogP contribution in [0.3, 0.4) is 0 Å². The maximum absolute atomic E-state index is 13.1. The van der Waals surface area contributed by atoms with Crippen LogP contribution in [0.5, 0.6) is 0 Å². The Morgan fingerprint density at radius 1 is 0.717 bits per heavy atom. The van der Waals surface area contributed by atoms with Crippen LogP contribution in [-0.4, -0.2) is 55.0 Å². The van der Waals surface area contributed by atoms with Crippen molar-refractivity contribution in [2.75, 3.05) is 19.8 Å². The molecule has 0 spiro atoms. The second kappa shape index (κ2) is 23.7. The lowest BCUT2D eigenvalue weighted by Crippen LogP contribution is -2.47. The van der Waals surface area contributed by atoms with E-state index in [1.807, 2.05) is 36.4 Å². The van der Waals surface area contributed by atoms with E-state index in [4.69, 9.17) is 14.2 Å². The van der Waals surface area contributed by atoms with Gasteiger partial charge in [0.1, 0.15) is 24.7 Å². The molecule has 0 saturated carbocycles. The molecular formula is C44H65NO8. The standard InChI is InChI=1S/C44H65NO8/c1-5-6-7-8-9-10-11-12-13-14-15-16-17-18-19-28-39(46)51-30-29-44(4,42(48)49)32-53-41(47)40(33(2)3)45-43(50)52-31-38-36-26-22-20-24-34(36)35-25-21-23-27-37(35)38/h20-27,33,38,40H,5-19,28-32H2,1-4H3,(H,45,50)(H,48,49)/t40-,44?/m0/s1. The Labute approximate surface area is 317 Å². The third kappa shape index (κ3) is 14.8. The number of alkyl carbamates (subject to hydrolysis) is 1. The number of fused-ring (bicyclic) bond motifs is 3. The van der Waals surface area contributed by atoms with Crippen LogP contribution in [0.1, 0.15) is 154 Å². The van der Waals surface area contributed by atoms with Crippen molar-refractivity contribution in [3.05, 3.63) is 59.7 Å². The first kappa shape index (κ1) is 43.5. The lowest BCUT2D eigenvalue weighted by Gasteiger charge is -2.26. The van der Waals surface area contributed by atoms with E-state index in [9.17, 15) is 24.3 Å². The summed E-state index contributed by atoms with van der Waals surface area (Å²) in [6.07, 6.45) is 18.2. The Morgan fingerprint density at radius 2 is 1.21 bits per heavy atom. The van der Waals surface area contributed by atoms with Gasteiger partial charge in [0.25, 0.3) is 0 Å². The van der Waals surface area contributed by atoms with Crippen molar-refractivity contribution in [1.29, 1.82) is 0 Å². The highest BCUT2D eigenvalue weighted by molar-refractivity contribution is 5.83. The zero-order valence-corrected chi connectivity index (χ0v) is 32.8. The van der Waals surface area contributed by atoms with E-state index in [-0.39, 0.29) is 37.4 Å². The molecule has 1 aliphatic carbocycles. The molecule has 2 N–H and O–H groups in total. The monoisotopic (exact) mass is 735 g/mol. The molecule has 1 amide bonds. The number of carbonyl (C=O) groups is 4. The molecule has 1 aliphatic rings. The van der Waals surface area contributed by atoms with E-state index in [0.717, 1.165) is 41.5 Å². The second-order valence-corrected chi connectivity index (χ2v) is 15.3. The van der Waals surface area contributed by atoms with Gasteiger partial charge >= 0.3 is 24.0 Å². The van der Waals surface area contributed by atoms with E-state index in [0.29, 0.717) is 6.42 Å². The van der Waals surface area contributed by atoms with Crippen LogP contribution < -0.4 is 5.32 Å². The molecule has 0 radical (unpaired) electrons. The molecule has 0 heterocycles. The molecule has 1 unspecified atom stereocenters. The average molecular weight is 736 g/mol. The van der Waals surface area contributed by atoms with Crippen molar-refractivity contribution in [1.82, 2.24) is 5.32 Å². The summed E-state index contributed by atoms with van der Waals surface area (Å²) in [5.41, 5.74) is 2.89. The summed E-state index contributed by atoms with van der Waals surface area (Å²) in [5, 5.41) is 12.6. The van der Waals surface area contributed by atoms with Gasteiger partial charge in [-0.2, -0.15) is 0 Å². The van der Waals surface area contributed by atoms with Crippen LogP contribution in [0.25, 0.3) is 11.1 Å². The minimum Gasteiger partial charge on any atom is -0.481 e. The van der Waals surface area contributed by atoms with Gasteiger partial charge < -0.3 is 24.6 Å². The molecule has 0 saturated heterocycles. The normalized spacial score (nSPS) is 13.8. The summed E-state index contributed by atoms with van der Waals surface area (Å²) in [7, 11) is 0. The minimum absolute atomic E-state index is 0.0215. The fourth-order valence-corrected chi connectivity index (χ4v) is 6.93. The van der Waals surface area contributed by atoms with Crippen molar-refractivity contribution < 1.29 is 38.5 Å². The highest BCUT2D eigenvalue weighted by Crippen LogP contribution is 2.44. The fraction of sp³-hybridized carbons (Fsp3) is 0.636. The molecule has 0 fully saturated rings. The molecule has 294 valence electrons. The minimum atomic E-state index is -1.48. The third-order valence-corrected chi connectivity index (χ3v) is 10.5. The first-order valence-corrected chi connectivity index (χ1v) is 20.2. The number of carboxylic acids is 1. The molecule has 0 aromatic heterocycles. The number of amides is 1. The summed E-state index contributed by atoms with van der Waals surface area (Å²) in [6, 6.07) is 15.0. The Balaban J connectivity index is 1.30. The number of carbonyl (C=O) groups excluding carboxylic acids is 3. The molecule has 0 bridgehead atoms. The summed E-state index contributed by atoms with van der Waals surface area (Å²) in [6.45, 7) is 6.78. The van der Waals surface area contributed by atoms with Gasteiger partial charge in [-0.3, -0.25) is 9.59 Å². The number of rotatable bonds is 27. The number of hydrogen-bond donors (Lipinski definition) is 2. The van der Waals surface area contributed by atoms with Crippen molar-refractivity contribution >= 4 is 24.0 Å². The molecule has 9 nitrogen and oxygen atoms in total. The van der Waals surface area contributed by atoms with Crippen molar-refractivity contribution in [2.24, 2.45) is 11.3 Å². The lowest BCUT2D eigenvalue weighted by molar-refractivity contribution is -0.162. The second-order valence-electron chi connectivity index (χ2n) is 15.3. The number of nitrogens with one attached hydrogen (secondary N) is 1. The van der Waals surface area contributed by atoms with E-state index >= 15 is 0 Å². The van der Waals surface area contributed by atoms with Crippen molar-refractivity contribution in [3.63, 3.8) is 0 Å². The topological polar surface area (TPSA) is 128 Å². The fourth-order valence-electron chi connectivity index (χ4n) is 6.93. The summed E-state index contributed by atoms with van der Waals surface area (Å²) in [4.78, 5) is 50.5. The zero-order chi connectivity index (χ0) is 38.5. The molecular weight excluding hydrogens is 670 g/mol. The molecule has 53 heavy (non-hydrogen) atoms. The number of benzene rings is 2. The van der Waals surface area contributed by atoms with Gasteiger partial charge in [0.15, 0.2) is 0 Å². The van der Waals surface area contributed by atoms with Crippen LogP contribution in [-0.2, 0) is 28.6 Å². The van der Waals surface area contributed by atoms with Crippen molar-refractivity contribution in [3.8, 4) is 11.1 Å². The highest BCUT2D eigenvalue weighted by atomic mass is 16.6. The number of hydrogen-bond acceptors (Lipinski definition) is 7. The van der Waals surface area contributed by atoms with Gasteiger partial charge in [-0.1, -0.05) is 159 Å². The zero-order valence-electron chi connectivity index (χ0n) is 32.8. The molecule has 3 rings (SSSR count). The summed E-state index contributed by atoms with van der Waals surface area (Å²) < 4.78 is 16.4. The Hall–Kier alpha value is -3.88. The van der Waals surface area contributed by atoms with E-state index in [1.165, 1.54) is 84.0 Å².